The molecular weight excluding hydrogens is 307 g/mol. The summed E-state index contributed by atoms with van der Waals surface area (Å²) < 4.78 is 62.2. The van der Waals surface area contributed by atoms with Crippen LogP contribution in [0.1, 0.15) is 17.9 Å². The monoisotopic (exact) mass is 323 g/mol. The molecule has 0 aromatic heterocycles. The van der Waals surface area contributed by atoms with E-state index < -0.39 is 22.9 Å². The van der Waals surface area contributed by atoms with E-state index in [0.29, 0.717) is 13.0 Å². The first-order valence-electron chi connectivity index (χ1n) is 6.41. The molecule has 2 rings (SSSR count). The average Bonchev–Trinajstić information content (AvgIpc) is 2.80. The maximum atomic E-state index is 12.0. The van der Waals surface area contributed by atoms with Crippen LogP contribution in [0.5, 0.6) is 0 Å². The summed E-state index contributed by atoms with van der Waals surface area (Å²) in [5.41, 5.74) is 2.11. The first kappa shape index (κ1) is 16.1. The van der Waals surface area contributed by atoms with Crippen molar-refractivity contribution in [1.29, 1.82) is 0 Å². The Morgan fingerprint density at radius 2 is 1.95 bits per heavy atom. The van der Waals surface area contributed by atoms with Gasteiger partial charge >= 0.3 is 6.18 Å². The molecular formula is C12H16F3N3O2S. The van der Waals surface area contributed by atoms with Gasteiger partial charge in [-0.2, -0.15) is 26.3 Å². The third kappa shape index (κ3) is 4.87. The van der Waals surface area contributed by atoms with E-state index in [1.165, 1.54) is 4.72 Å². The van der Waals surface area contributed by atoms with E-state index in [9.17, 15) is 21.6 Å². The zero-order valence-electron chi connectivity index (χ0n) is 11.1. The van der Waals surface area contributed by atoms with Crippen LogP contribution < -0.4 is 14.8 Å². The highest BCUT2D eigenvalue weighted by atomic mass is 32.2. The molecule has 0 saturated carbocycles. The lowest BCUT2D eigenvalue weighted by atomic mass is 9.98. The summed E-state index contributed by atoms with van der Waals surface area (Å²) in [4.78, 5) is 0. The lowest BCUT2D eigenvalue weighted by Gasteiger charge is -2.12. The van der Waals surface area contributed by atoms with Gasteiger partial charge in [-0.1, -0.05) is 18.2 Å². The Hall–Kier alpha value is -1.32. The molecule has 0 bridgehead atoms. The van der Waals surface area contributed by atoms with Gasteiger partial charge in [-0.25, -0.2) is 4.72 Å². The number of hydrogen-bond acceptors (Lipinski definition) is 3. The molecule has 0 fully saturated rings. The topological polar surface area (TPSA) is 70.2 Å². The van der Waals surface area contributed by atoms with E-state index in [-0.39, 0.29) is 12.5 Å². The predicted molar refractivity (Wildman–Crippen MR) is 73.3 cm³/mol. The first-order valence-corrected chi connectivity index (χ1v) is 7.89. The minimum absolute atomic E-state index is 0.0773. The second-order valence-electron chi connectivity index (χ2n) is 4.79. The second kappa shape index (κ2) is 6.20. The highest BCUT2D eigenvalue weighted by Gasteiger charge is 2.29. The fourth-order valence-corrected chi connectivity index (χ4v) is 3.05. The van der Waals surface area contributed by atoms with Crippen molar-refractivity contribution in [2.75, 3.05) is 25.0 Å². The molecule has 1 heterocycles. The van der Waals surface area contributed by atoms with Crippen molar-refractivity contribution in [1.82, 2.24) is 9.44 Å². The standard InChI is InChI=1S/C12H16F3N3O2S/c13-12(14,15)8-18-21(19,20)17-6-5-9-7-16-11-4-2-1-3-10(9)11/h1-4,9,16-18H,5-8H2. The van der Waals surface area contributed by atoms with Crippen LogP contribution in [0.3, 0.4) is 0 Å². The summed E-state index contributed by atoms with van der Waals surface area (Å²) in [5, 5.41) is 3.20. The van der Waals surface area contributed by atoms with Gasteiger partial charge in [-0.3, -0.25) is 0 Å². The molecule has 5 nitrogen and oxygen atoms in total. The molecule has 1 unspecified atom stereocenters. The maximum absolute atomic E-state index is 12.0. The SMILES string of the molecule is O=S(=O)(NCCC1CNc2ccccc21)NCC(F)(F)F. The summed E-state index contributed by atoms with van der Waals surface area (Å²) in [5.74, 6) is 0.145. The van der Waals surface area contributed by atoms with Crippen molar-refractivity contribution in [3.63, 3.8) is 0 Å². The van der Waals surface area contributed by atoms with E-state index in [1.54, 1.807) is 0 Å². The molecule has 9 heteroatoms. The van der Waals surface area contributed by atoms with Crippen molar-refractivity contribution >= 4 is 15.9 Å². The third-order valence-electron chi connectivity index (χ3n) is 3.19. The van der Waals surface area contributed by atoms with Gasteiger partial charge in [0.15, 0.2) is 0 Å². The van der Waals surface area contributed by atoms with Crippen LogP contribution >= 0.6 is 0 Å². The lowest BCUT2D eigenvalue weighted by molar-refractivity contribution is -0.121. The molecule has 1 aliphatic rings. The summed E-state index contributed by atoms with van der Waals surface area (Å²) in [6.45, 7) is -0.804. The summed E-state index contributed by atoms with van der Waals surface area (Å²) >= 11 is 0. The minimum atomic E-state index is -4.57. The molecule has 0 radical (unpaired) electrons. The number of nitrogens with one attached hydrogen (secondary N) is 3. The van der Waals surface area contributed by atoms with Crippen LogP contribution in [0.15, 0.2) is 24.3 Å². The van der Waals surface area contributed by atoms with Gasteiger partial charge in [0.1, 0.15) is 6.54 Å². The average molecular weight is 323 g/mol. The zero-order valence-corrected chi connectivity index (χ0v) is 11.9. The van der Waals surface area contributed by atoms with Crippen molar-refractivity contribution in [2.45, 2.75) is 18.5 Å². The molecule has 0 saturated heterocycles. The smallest absolute Gasteiger partial charge is 0.384 e. The lowest BCUT2D eigenvalue weighted by Crippen LogP contribution is -2.42. The van der Waals surface area contributed by atoms with Gasteiger partial charge in [0.05, 0.1) is 0 Å². The molecule has 1 atom stereocenters. The van der Waals surface area contributed by atoms with Gasteiger partial charge in [-0.15, -0.1) is 0 Å². The highest BCUT2D eigenvalue weighted by molar-refractivity contribution is 7.87. The summed E-state index contributed by atoms with van der Waals surface area (Å²) in [6, 6.07) is 7.69. The Bertz CT molecular complexity index is 590. The van der Waals surface area contributed by atoms with E-state index in [0.717, 1.165) is 11.3 Å². The molecule has 0 spiro atoms. The number of anilines is 1. The zero-order chi connectivity index (χ0) is 15.5. The number of para-hydroxylation sites is 1. The molecule has 118 valence electrons. The van der Waals surface area contributed by atoms with Crippen molar-refractivity contribution in [2.24, 2.45) is 0 Å². The summed E-state index contributed by atoms with van der Waals surface area (Å²) in [6.07, 6.45) is -4.06. The van der Waals surface area contributed by atoms with Gasteiger partial charge in [0.2, 0.25) is 0 Å². The maximum Gasteiger partial charge on any atom is 0.402 e. The molecule has 1 aliphatic heterocycles. The first-order chi connectivity index (χ1) is 9.77. The second-order valence-corrected chi connectivity index (χ2v) is 6.37. The van der Waals surface area contributed by atoms with E-state index in [1.807, 2.05) is 24.3 Å². The fraction of sp³-hybridized carbons (Fsp3) is 0.500. The Morgan fingerprint density at radius 3 is 2.67 bits per heavy atom. The molecule has 1 aromatic rings. The number of hydrogen-bond donors (Lipinski definition) is 3. The number of rotatable bonds is 6. The highest BCUT2D eigenvalue weighted by Crippen LogP contribution is 2.32. The normalized spacial score (nSPS) is 18.3. The van der Waals surface area contributed by atoms with Crippen molar-refractivity contribution < 1.29 is 21.6 Å². The number of fused-ring (bicyclic) bond motifs is 1. The minimum Gasteiger partial charge on any atom is -0.384 e. The molecule has 3 N–H and O–H groups in total. The van der Waals surface area contributed by atoms with Gasteiger partial charge < -0.3 is 5.32 Å². The third-order valence-corrected chi connectivity index (χ3v) is 4.30. The van der Waals surface area contributed by atoms with Gasteiger partial charge in [0, 0.05) is 24.7 Å². The Labute approximate surface area is 121 Å². The Balaban J connectivity index is 1.80. The largest absolute Gasteiger partial charge is 0.402 e. The van der Waals surface area contributed by atoms with Gasteiger partial charge in [-0.05, 0) is 18.1 Å². The number of alkyl halides is 3. The Kier molecular flexibility index (Phi) is 4.74. The van der Waals surface area contributed by atoms with Crippen LogP contribution in [0, 0.1) is 0 Å². The van der Waals surface area contributed by atoms with Crippen molar-refractivity contribution in [3.05, 3.63) is 29.8 Å². The fourth-order valence-electron chi connectivity index (χ4n) is 2.21. The van der Waals surface area contributed by atoms with Gasteiger partial charge in [0.25, 0.3) is 10.2 Å². The van der Waals surface area contributed by atoms with Crippen molar-refractivity contribution in [3.8, 4) is 0 Å². The quantitative estimate of drug-likeness (QED) is 0.744. The number of halogens is 3. The van der Waals surface area contributed by atoms with Crippen LogP contribution in [0.4, 0.5) is 18.9 Å². The number of benzene rings is 1. The molecule has 1 aromatic carbocycles. The predicted octanol–water partition coefficient (Wildman–Crippen LogP) is 1.57. The van der Waals surface area contributed by atoms with E-state index in [4.69, 9.17) is 0 Å². The van der Waals surface area contributed by atoms with Crippen LogP contribution in [-0.4, -0.2) is 34.2 Å². The van der Waals surface area contributed by atoms with E-state index >= 15 is 0 Å². The van der Waals surface area contributed by atoms with Crippen LogP contribution in [-0.2, 0) is 10.2 Å². The van der Waals surface area contributed by atoms with Crippen LogP contribution in [0.25, 0.3) is 0 Å². The molecule has 21 heavy (non-hydrogen) atoms. The Morgan fingerprint density at radius 1 is 1.24 bits per heavy atom. The summed E-state index contributed by atoms with van der Waals surface area (Å²) in [7, 11) is -4.12. The van der Waals surface area contributed by atoms with E-state index in [2.05, 4.69) is 10.0 Å². The molecule has 0 aliphatic carbocycles. The van der Waals surface area contributed by atoms with Crippen LogP contribution in [0.2, 0.25) is 0 Å². The molecule has 0 amide bonds.